The van der Waals surface area contributed by atoms with E-state index < -0.39 is 17.9 Å². The number of hydrogen-bond donors (Lipinski definition) is 6. The first-order chi connectivity index (χ1) is 13.9. The van der Waals surface area contributed by atoms with Crippen LogP contribution in [-0.2, 0) is 20.8 Å². The van der Waals surface area contributed by atoms with E-state index in [1.165, 1.54) is 17.6 Å². The molecule has 29 heavy (non-hydrogen) atoms. The minimum absolute atomic E-state index is 0.202. The molecule has 0 fully saturated rings. The second-order valence-corrected chi connectivity index (χ2v) is 6.89. The molecule has 0 saturated heterocycles. The van der Waals surface area contributed by atoms with Gasteiger partial charge in [0.1, 0.15) is 6.04 Å². The molecule has 3 amide bonds. The summed E-state index contributed by atoms with van der Waals surface area (Å²) in [6.07, 6.45) is 5.16. The maximum absolute atomic E-state index is 12.4. The van der Waals surface area contributed by atoms with Gasteiger partial charge in [0.15, 0.2) is 11.5 Å². The van der Waals surface area contributed by atoms with Crippen molar-refractivity contribution >= 4 is 17.7 Å². The molecule has 162 valence electrons. The predicted octanol–water partition coefficient (Wildman–Crippen LogP) is 1.50. The molecule has 1 aromatic carbocycles. The minimum atomic E-state index is -1.10. The Bertz CT molecular complexity index is 680. The van der Waals surface area contributed by atoms with Gasteiger partial charge in [-0.15, -0.1) is 0 Å². The number of amides is 3. The molecule has 0 aliphatic carbocycles. The highest BCUT2D eigenvalue weighted by Crippen LogP contribution is 2.24. The summed E-state index contributed by atoms with van der Waals surface area (Å²) in [4.78, 5) is 35.9. The summed E-state index contributed by atoms with van der Waals surface area (Å²) in [6, 6.07) is 3.25. The minimum Gasteiger partial charge on any atom is -0.504 e. The second kappa shape index (κ2) is 13.4. The summed E-state index contributed by atoms with van der Waals surface area (Å²) in [5.74, 6) is -2.13. The van der Waals surface area contributed by atoms with Gasteiger partial charge in [-0.25, -0.2) is 5.48 Å². The van der Waals surface area contributed by atoms with E-state index in [0.29, 0.717) is 18.4 Å². The Labute approximate surface area is 170 Å². The summed E-state index contributed by atoms with van der Waals surface area (Å²) < 4.78 is 0. The second-order valence-electron chi connectivity index (χ2n) is 6.89. The molecule has 0 aliphatic heterocycles. The number of phenols is 2. The number of phenolic OH excluding ortho intramolecular Hbond substituents is 2. The molecule has 0 radical (unpaired) electrons. The standard InChI is InChI=1S/C20H31N3O6/c1-2-3-4-5-6-7-18(26)22-15(13-19(27)23-29)20(28)21-11-10-14-8-9-16(24)17(25)12-14/h8-9,12,15,24-25,29H,2-7,10-11,13H2,1H3,(H,21,28)(H,22,26)(H,23,27)/t15-/m1/s1. The normalized spacial score (nSPS) is 11.5. The number of benzene rings is 1. The van der Waals surface area contributed by atoms with Gasteiger partial charge < -0.3 is 20.8 Å². The van der Waals surface area contributed by atoms with E-state index in [4.69, 9.17) is 5.21 Å². The summed E-state index contributed by atoms with van der Waals surface area (Å²) >= 11 is 0. The first-order valence-electron chi connectivity index (χ1n) is 9.88. The molecule has 0 unspecified atom stereocenters. The Morgan fingerprint density at radius 1 is 1.00 bits per heavy atom. The van der Waals surface area contributed by atoms with E-state index in [1.807, 2.05) is 0 Å². The smallest absolute Gasteiger partial charge is 0.245 e. The summed E-state index contributed by atoms with van der Waals surface area (Å²) in [5.41, 5.74) is 2.16. The molecule has 6 N–H and O–H groups in total. The molecule has 0 heterocycles. The number of hydroxylamine groups is 1. The van der Waals surface area contributed by atoms with E-state index in [-0.39, 0.29) is 36.8 Å². The third kappa shape index (κ3) is 9.79. The third-order valence-electron chi connectivity index (χ3n) is 4.43. The number of unbranched alkanes of at least 4 members (excludes halogenated alkanes) is 4. The Morgan fingerprint density at radius 2 is 1.72 bits per heavy atom. The van der Waals surface area contributed by atoms with Gasteiger partial charge in [-0.2, -0.15) is 0 Å². The van der Waals surface area contributed by atoms with Crippen LogP contribution in [0.15, 0.2) is 18.2 Å². The third-order valence-corrected chi connectivity index (χ3v) is 4.43. The van der Waals surface area contributed by atoms with Crippen LogP contribution in [0.4, 0.5) is 0 Å². The first-order valence-corrected chi connectivity index (χ1v) is 9.88. The van der Waals surface area contributed by atoms with Crippen LogP contribution in [0, 0.1) is 0 Å². The van der Waals surface area contributed by atoms with Crippen molar-refractivity contribution in [3.05, 3.63) is 23.8 Å². The molecule has 0 saturated carbocycles. The van der Waals surface area contributed by atoms with E-state index in [0.717, 1.165) is 25.7 Å². The molecule has 1 rings (SSSR count). The molecule has 0 spiro atoms. The molecule has 1 aromatic rings. The topological polar surface area (TPSA) is 148 Å². The lowest BCUT2D eigenvalue weighted by Gasteiger charge is -2.18. The fraction of sp³-hybridized carbons (Fsp3) is 0.550. The van der Waals surface area contributed by atoms with Gasteiger partial charge in [0.05, 0.1) is 6.42 Å². The van der Waals surface area contributed by atoms with Crippen LogP contribution in [0.1, 0.15) is 57.4 Å². The van der Waals surface area contributed by atoms with Gasteiger partial charge >= 0.3 is 0 Å². The number of aromatic hydroxyl groups is 2. The molecule has 0 aromatic heterocycles. The summed E-state index contributed by atoms with van der Waals surface area (Å²) in [6.45, 7) is 2.31. The van der Waals surface area contributed by atoms with Crippen LogP contribution in [-0.4, -0.2) is 45.7 Å². The molecular formula is C20H31N3O6. The first kappa shape index (κ1) is 24.2. The average Bonchev–Trinajstić information content (AvgIpc) is 2.69. The monoisotopic (exact) mass is 409 g/mol. The molecular weight excluding hydrogens is 378 g/mol. The highest BCUT2D eigenvalue weighted by Gasteiger charge is 2.23. The summed E-state index contributed by atoms with van der Waals surface area (Å²) in [7, 11) is 0. The molecule has 9 nitrogen and oxygen atoms in total. The lowest BCUT2D eigenvalue weighted by molar-refractivity contribution is -0.135. The SMILES string of the molecule is CCCCCCCC(=O)N[C@H](CC(=O)NO)C(=O)NCCc1ccc(O)c(O)c1. The Balaban J connectivity index is 2.51. The number of carbonyl (C=O) groups is 3. The van der Waals surface area contributed by atoms with Crippen molar-refractivity contribution in [3.8, 4) is 11.5 Å². The fourth-order valence-electron chi connectivity index (χ4n) is 2.77. The number of nitrogens with one attached hydrogen (secondary N) is 3. The van der Waals surface area contributed by atoms with Gasteiger partial charge in [0.25, 0.3) is 0 Å². The van der Waals surface area contributed by atoms with E-state index in [9.17, 15) is 24.6 Å². The molecule has 0 bridgehead atoms. The van der Waals surface area contributed by atoms with Gasteiger partial charge in [0.2, 0.25) is 17.7 Å². The van der Waals surface area contributed by atoms with Crippen molar-refractivity contribution in [3.63, 3.8) is 0 Å². The zero-order chi connectivity index (χ0) is 21.6. The molecule has 1 atom stereocenters. The quantitative estimate of drug-likeness (QED) is 0.126. The molecule has 0 aliphatic rings. The van der Waals surface area contributed by atoms with Gasteiger partial charge in [-0.05, 0) is 30.5 Å². The predicted molar refractivity (Wildman–Crippen MR) is 106 cm³/mol. The largest absolute Gasteiger partial charge is 0.504 e. The number of rotatable bonds is 13. The molecule has 9 heteroatoms. The van der Waals surface area contributed by atoms with Crippen LogP contribution in [0.2, 0.25) is 0 Å². The average molecular weight is 409 g/mol. The number of hydrogen-bond acceptors (Lipinski definition) is 6. The highest BCUT2D eigenvalue weighted by molar-refractivity contribution is 5.91. The highest BCUT2D eigenvalue weighted by atomic mass is 16.5. The van der Waals surface area contributed by atoms with Crippen molar-refractivity contribution in [2.75, 3.05) is 6.54 Å². The maximum atomic E-state index is 12.4. The lowest BCUT2D eigenvalue weighted by atomic mass is 10.1. The van der Waals surface area contributed by atoms with Gasteiger partial charge in [0, 0.05) is 13.0 Å². The van der Waals surface area contributed by atoms with Gasteiger partial charge in [-0.3, -0.25) is 19.6 Å². The fourth-order valence-corrected chi connectivity index (χ4v) is 2.77. The van der Waals surface area contributed by atoms with E-state index in [1.54, 1.807) is 6.07 Å². The number of carbonyl (C=O) groups excluding carboxylic acids is 3. The van der Waals surface area contributed by atoms with Gasteiger partial charge in [-0.1, -0.05) is 38.7 Å². The zero-order valence-electron chi connectivity index (χ0n) is 16.7. The van der Waals surface area contributed by atoms with Crippen molar-refractivity contribution in [1.29, 1.82) is 0 Å². The Kier molecular flexibility index (Phi) is 11.2. The zero-order valence-corrected chi connectivity index (χ0v) is 16.7. The van der Waals surface area contributed by atoms with Crippen molar-refractivity contribution in [2.24, 2.45) is 0 Å². The van der Waals surface area contributed by atoms with Crippen LogP contribution in [0.25, 0.3) is 0 Å². The van der Waals surface area contributed by atoms with Crippen LogP contribution < -0.4 is 16.1 Å². The van der Waals surface area contributed by atoms with E-state index >= 15 is 0 Å². The summed E-state index contributed by atoms with van der Waals surface area (Å²) in [5, 5.41) is 32.7. The van der Waals surface area contributed by atoms with Crippen LogP contribution in [0.5, 0.6) is 11.5 Å². The Morgan fingerprint density at radius 3 is 2.38 bits per heavy atom. The lowest BCUT2D eigenvalue weighted by Crippen LogP contribution is -2.49. The van der Waals surface area contributed by atoms with Crippen molar-refractivity contribution in [1.82, 2.24) is 16.1 Å². The van der Waals surface area contributed by atoms with Crippen molar-refractivity contribution in [2.45, 2.75) is 64.3 Å². The van der Waals surface area contributed by atoms with Crippen molar-refractivity contribution < 1.29 is 29.8 Å². The maximum Gasteiger partial charge on any atom is 0.245 e. The van der Waals surface area contributed by atoms with Crippen LogP contribution >= 0.6 is 0 Å². The Hall–Kier alpha value is -2.81. The van der Waals surface area contributed by atoms with E-state index in [2.05, 4.69) is 17.6 Å². The van der Waals surface area contributed by atoms with Crippen LogP contribution in [0.3, 0.4) is 0 Å².